The van der Waals surface area contributed by atoms with E-state index < -0.39 is 5.82 Å². The SMILES string of the molecule is Nc1cccc(CN2CCN(CCNC(=O)c3ccccc3F)CC2)c1. The van der Waals surface area contributed by atoms with Gasteiger partial charge in [-0.15, -0.1) is 0 Å². The minimum absolute atomic E-state index is 0.0967. The first kappa shape index (κ1) is 18.4. The Labute approximate surface area is 153 Å². The Balaban J connectivity index is 1.38. The number of nitrogens with zero attached hydrogens (tertiary/aromatic N) is 2. The van der Waals surface area contributed by atoms with Gasteiger partial charge in [-0.25, -0.2) is 4.39 Å². The van der Waals surface area contributed by atoms with E-state index in [4.69, 9.17) is 5.73 Å². The molecular weight excluding hydrogens is 331 g/mol. The first-order valence-electron chi connectivity index (χ1n) is 8.93. The van der Waals surface area contributed by atoms with Crippen LogP contribution in [0.2, 0.25) is 0 Å². The smallest absolute Gasteiger partial charge is 0.254 e. The fraction of sp³-hybridized carbons (Fsp3) is 0.350. The summed E-state index contributed by atoms with van der Waals surface area (Å²) in [6.45, 7) is 6.07. The summed E-state index contributed by atoms with van der Waals surface area (Å²) in [7, 11) is 0. The molecule has 1 heterocycles. The molecule has 0 aromatic heterocycles. The second-order valence-corrected chi connectivity index (χ2v) is 6.60. The van der Waals surface area contributed by atoms with Crippen LogP contribution in [0.15, 0.2) is 48.5 Å². The molecule has 26 heavy (non-hydrogen) atoms. The van der Waals surface area contributed by atoms with Crippen LogP contribution in [0.3, 0.4) is 0 Å². The molecule has 138 valence electrons. The van der Waals surface area contributed by atoms with Crippen molar-refractivity contribution in [1.82, 2.24) is 15.1 Å². The van der Waals surface area contributed by atoms with Crippen molar-refractivity contribution in [1.29, 1.82) is 0 Å². The second-order valence-electron chi connectivity index (χ2n) is 6.60. The number of carbonyl (C=O) groups is 1. The maximum absolute atomic E-state index is 13.6. The van der Waals surface area contributed by atoms with Gasteiger partial charge in [0.15, 0.2) is 0 Å². The Hall–Kier alpha value is -2.44. The highest BCUT2D eigenvalue weighted by Crippen LogP contribution is 2.11. The number of carbonyl (C=O) groups excluding carboxylic acids is 1. The molecule has 1 aliphatic heterocycles. The minimum atomic E-state index is -0.486. The molecule has 2 aromatic rings. The predicted molar refractivity (Wildman–Crippen MR) is 101 cm³/mol. The van der Waals surface area contributed by atoms with Gasteiger partial charge < -0.3 is 11.1 Å². The van der Waals surface area contributed by atoms with Gasteiger partial charge in [0.25, 0.3) is 5.91 Å². The van der Waals surface area contributed by atoms with Gasteiger partial charge in [-0.2, -0.15) is 0 Å². The van der Waals surface area contributed by atoms with Crippen molar-refractivity contribution in [3.05, 3.63) is 65.5 Å². The third kappa shape index (κ3) is 5.03. The molecule has 1 saturated heterocycles. The highest BCUT2D eigenvalue weighted by atomic mass is 19.1. The van der Waals surface area contributed by atoms with Gasteiger partial charge >= 0.3 is 0 Å². The van der Waals surface area contributed by atoms with Gasteiger partial charge in [-0.3, -0.25) is 14.6 Å². The number of hydrogen-bond acceptors (Lipinski definition) is 4. The number of nitrogens with two attached hydrogens (primary N) is 1. The molecule has 0 aliphatic carbocycles. The van der Waals surface area contributed by atoms with Crippen LogP contribution in [-0.4, -0.2) is 55.0 Å². The number of hydrogen-bond donors (Lipinski definition) is 2. The molecule has 0 saturated carbocycles. The third-order valence-corrected chi connectivity index (χ3v) is 4.65. The summed E-state index contributed by atoms with van der Waals surface area (Å²) >= 11 is 0. The van der Waals surface area contributed by atoms with Crippen LogP contribution in [0.5, 0.6) is 0 Å². The monoisotopic (exact) mass is 356 g/mol. The zero-order valence-electron chi connectivity index (χ0n) is 14.8. The summed E-state index contributed by atoms with van der Waals surface area (Å²) in [6.07, 6.45) is 0. The normalized spacial score (nSPS) is 15.7. The van der Waals surface area contributed by atoms with Gasteiger partial charge in [0, 0.05) is 51.5 Å². The van der Waals surface area contributed by atoms with Crippen molar-refractivity contribution in [3.8, 4) is 0 Å². The number of halogens is 1. The first-order chi connectivity index (χ1) is 12.6. The Morgan fingerprint density at radius 3 is 2.50 bits per heavy atom. The number of benzene rings is 2. The van der Waals surface area contributed by atoms with Crippen LogP contribution in [-0.2, 0) is 6.54 Å². The number of nitrogens with one attached hydrogen (secondary N) is 1. The van der Waals surface area contributed by atoms with E-state index in [0.29, 0.717) is 6.54 Å². The summed E-state index contributed by atoms with van der Waals surface area (Å²) in [5.41, 5.74) is 7.96. The van der Waals surface area contributed by atoms with E-state index in [1.54, 1.807) is 12.1 Å². The van der Waals surface area contributed by atoms with E-state index >= 15 is 0 Å². The maximum atomic E-state index is 13.6. The van der Waals surface area contributed by atoms with Crippen molar-refractivity contribution < 1.29 is 9.18 Å². The molecule has 0 spiro atoms. The van der Waals surface area contributed by atoms with Crippen LogP contribution < -0.4 is 11.1 Å². The Bertz CT molecular complexity index is 744. The van der Waals surface area contributed by atoms with Gasteiger partial charge in [0.05, 0.1) is 5.56 Å². The third-order valence-electron chi connectivity index (χ3n) is 4.65. The van der Waals surface area contributed by atoms with E-state index in [-0.39, 0.29) is 11.5 Å². The molecule has 1 fully saturated rings. The van der Waals surface area contributed by atoms with Gasteiger partial charge in [-0.1, -0.05) is 24.3 Å². The van der Waals surface area contributed by atoms with Crippen LogP contribution >= 0.6 is 0 Å². The zero-order valence-corrected chi connectivity index (χ0v) is 14.8. The largest absolute Gasteiger partial charge is 0.399 e. The Morgan fingerprint density at radius 2 is 1.77 bits per heavy atom. The second kappa shape index (κ2) is 8.78. The molecule has 0 unspecified atom stereocenters. The van der Waals surface area contributed by atoms with E-state index in [2.05, 4.69) is 21.2 Å². The summed E-state index contributed by atoms with van der Waals surface area (Å²) in [6, 6.07) is 14.0. The molecule has 1 amide bonds. The first-order valence-corrected chi connectivity index (χ1v) is 8.93. The van der Waals surface area contributed by atoms with Crippen molar-refractivity contribution in [2.24, 2.45) is 0 Å². The molecule has 5 nitrogen and oxygen atoms in total. The summed E-state index contributed by atoms with van der Waals surface area (Å²) in [4.78, 5) is 16.7. The minimum Gasteiger partial charge on any atom is -0.399 e. The number of anilines is 1. The maximum Gasteiger partial charge on any atom is 0.254 e. The van der Waals surface area contributed by atoms with Crippen LogP contribution in [0, 0.1) is 5.82 Å². The van der Waals surface area contributed by atoms with Crippen molar-refractivity contribution in [2.75, 3.05) is 45.0 Å². The van der Waals surface area contributed by atoms with Crippen molar-refractivity contribution in [2.45, 2.75) is 6.54 Å². The lowest BCUT2D eigenvalue weighted by Crippen LogP contribution is -2.48. The van der Waals surface area contributed by atoms with Crippen LogP contribution in [0.4, 0.5) is 10.1 Å². The highest BCUT2D eigenvalue weighted by Gasteiger charge is 2.17. The number of nitrogen functional groups attached to an aromatic ring is 1. The fourth-order valence-corrected chi connectivity index (χ4v) is 3.19. The predicted octanol–water partition coefficient (Wildman–Crippen LogP) is 1.96. The van der Waals surface area contributed by atoms with Crippen LogP contribution in [0.25, 0.3) is 0 Å². The molecule has 3 N–H and O–H groups in total. The summed E-state index contributed by atoms with van der Waals surface area (Å²) in [5.74, 6) is -0.844. The van der Waals surface area contributed by atoms with Gasteiger partial charge in [0.2, 0.25) is 0 Å². The standard InChI is InChI=1S/C20H25FN4O/c21-19-7-2-1-6-18(19)20(26)23-8-9-24-10-12-25(13-11-24)15-16-4-3-5-17(22)14-16/h1-7,14H,8-13,15,22H2,(H,23,26). The highest BCUT2D eigenvalue weighted by molar-refractivity contribution is 5.94. The van der Waals surface area contributed by atoms with Crippen molar-refractivity contribution in [3.63, 3.8) is 0 Å². The molecule has 0 atom stereocenters. The molecule has 0 radical (unpaired) electrons. The molecule has 1 aliphatic rings. The van der Waals surface area contributed by atoms with E-state index in [9.17, 15) is 9.18 Å². The Morgan fingerprint density at radius 1 is 1.04 bits per heavy atom. The topological polar surface area (TPSA) is 61.6 Å². The average Bonchev–Trinajstić information content (AvgIpc) is 2.63. The quantitative estimate of drug-likeness (QED) is 0.777. The number of rotatable bonds is 6. The zero-order chi connectivity index (χ0) is 18.4. The molecule has 0 bridgehead atoms. The molecule has 2 aromatic carbocycles. The fourth-order valence-electron chi connectivity index (χ4n) is 3.19. The van der Waals surface area contributed by atoms with E-state index in [1.165, 1.54) is 17.7 Å². The summed E-state index contributed by atoms with van der Waals surface area (Å²) < 4.78 is 13.6. The Kier molecular flexibility index (Phi) is 6.20. The lowest BCUT2D eigenvalue weighted by Gasteiger charge is -2.34. The molecule has 3 rings (SSSR count). The number of amides is 1. The average molecular weight is 356 g/mol. The summed E-state index contributed by atoms with van der Waals surface area (Å²) in [5, 5.41) is 2.80. The van der Waals surface area contributed by atoms with Gasteiger partial charge in [-0.05, 0) is 29.8 Å². The van der Waals surface area contributed by atoms with Crippen LogP contribution in [0.1, 0.15) is 15.9 Å². The van der Waals surface area contributed by atoms with E-state index in [0.717, 1.165) is 45.0 Å². The number of piperazine rings is 1. The molecule has 6 heteroatoms. The van der Waals surface area contributed by atoms with E-state index in [1.807, 2.05) is 18.2 Å². The lowest BCUT2D eigenvalue weighted by atomic mass is 10.1. The van der Waals surface area contributed by atoms with Crippen molar-refractivity contribution >= 4 is 11.6 Å². The molecular formula is C20H25FN4O. The van der Waals surface area contributed by atoms with Gasteiger partial charge in [0.1, 0.15) is 5.82 Å². The lowest BCUT2D eigenvalue weighted by molar-refractivity contribution is 0.0930.